The first-order valence-corrected chi connectivity index (χ1v) is 8.98. The minimum absolute atomic E-state index is 0.0236. The van der Waals surface area contributed by atoms with Crippen molar-refractivity contribution in [3.05, 3.63) is 47.5 Å². The van der Waals surface area contributed by atoms with Gasteiger partial charge in [0.15, 0.2) is 0 Å². The van der Waals surface area contributed by atoms with Crippen LogP contribution in [0.1, 0.15) is 47.2 Å². The zero-order valence-electron chi connectivity index (χ0n) is 14.9. The van der Waals surface area contributed by atoms with Crippen LogP contribution in [0.3, 0.4) is 0 Å². The van der Waals surface area contributed by atoms with Gasteiger partial charge in [0, 0.05) is 12.1 Å². The molecule has 0 radical (unpaired) electrons. The van der Waals surface area contributed by atoms with Crippen molar-refractivity contribution in [3.63, 3.8) is 0 Å². The first kappa shape index (κ1) is 20.7. The topological polar surface area (TPSA) is 32.3 Å². The van der Waals surface area contributed by atoms with Crippen LogP contribution >= 0.6 is 0 Å². The molecule has 0 saturated heterocycles. The molecule has 2 fully saturated rings. The SMILES string of the molecule is C=CCNN(C(=O)c1cc(C(F)(F)F)cc(C(F)(F)F)c1)C1CC2CCC1C2. The summed E-state index contributed by atoms with van der Waals surface area (Å²) in [6, 6.07) is 0.728. The average molecular weight is 406 g/mol. The van der Waals surface area contributed by atoms with Crippen LogP contribution in [-0.2, 0) is 12.4 Å². The van der Waals surface area contributed by atoms with E-state index in [0.29, 0.717) is 24.5 Å². The van der Waals surface area contributed by atoms with Gasteiger partial charge in [0.25, 0.3) is 5.91 Å². The fraction of sp³-hybridized carbons (Fsp3) is 0.526. The van der Waals surface area contributed by atoms with Crippen LogP contribution in [-0.4, -0.2) is 23.5 Å². The lowest BCUT2D eigenvalue weighted by Gasteiger charge is -2.35. The van der Waals surface area contributed by atoms with E-state index in [1.807, 2.05) is 0 Å². The quantitative estimate of drug-likeness (QED) is 0.422. The molecule has 9 heteroatoms. The maximum absolute atomic E-state index is 13.1. The smallest absolute Gasteiger partial charge is 0.270 e. The Morgan fingerprint density at radius 2 is 1.68 bits per heavy atom. The molecule has 3 nitrogen and oxygen atoms in total. The summed E-state index contributed by atoms with van der Waals surface area (Å²) >= 11 is 0. The highest BCUT2D eigenvalue weighted by atomic mass is 19.4. The number of benzene rings is 1. The summed E-state index contributed by atoms with van der Waals surface area (Å²) in [5.41, 5.74) is -0.819. The van der Waals surface area contributed by atoms with Crippen LogP contribution in [0.25, 0.3) is 0 Å². The Bertz CT molecular complexity index is 726. The summed E-state index contributed by atoms with van der Waals surface area (Å²) in [5.74, 6) is -0.266. The van der Waals surface area contributed by atoms with Crippen LogP contribution in [0.2, 0.25) is 0 Å². The van der Waals surface area contributed by atoms with Crippen LogP contribution < -0.4 is 5.43 Å². The van der Waals surface area contributed by atoms with E-state index in [9.17, 15) is 31.1 Å². The van der Waals surface area contributed by atoms with Gasteiger partial charge in [-0.1, -0.05) is 12.5 Å². The molecular formula is C19H20F6N2O. The number of nitrogens with zero attached hydrogens (tertiary/aromatic N) is 1. The third kappa shape index (κ3) is 4.19. The number of rotatable bonds is 5. The number of alkyl halides is 6. The predicted octanol–water partition coefficient (Wildman–Crippen LogP) is 5.05. The number of fused-ring (bicyclic) bond motifs is 2. The molecular weight excluding hydrogens is 386 g/mol. The van der Waals surface area contributed by atoms with Crippen molar-refractivity contribution in [1.29, 1.82) is 0 Å². The van der Waals surface area contributed by atoms with E-state index in [4.69, 9.17) is 0 Å². The predicted molar refractivity (Wildman–Crippen MR) is 90.1 cm³/mol. The second-order valence-electron chi connectivity index (χ2n) is 7.36. The van der Waals surface area contributed by atoms with Gasteiger partial charge in [-0.2, -0.15) is 26.3 Å². The molecule has 0 aliphatic heterocycles. The van der Waals surface area contributed by atoms with Crippen molar-refractivity contribution in [3.8, 4) is 0 Å². The average Bonchev–Trinajstić information content (AvgIpc) is 3.23. The van der Waals surface area contributed by atoms with Crippen molar-refractivity contribution < 1.29 is 31.1 Å². The minimum Gasteiger partial charge on any atom is -0.270 e. The van der Waals surface area contributed by atoms with E-state index in [0.717, 1.165) is 19.3 Å². The number of carbonyl (C=O) groups excluding carboxylic acids is 1. The zero-order valence-corrected chi connectivity index (χ0v) is 14.9. The lowest BCUT2D eigenvalue weighted by atomic mass is 9.94. The summed E-state index contributed by atoms with van der Waals surface area (Å²) in [5, 5.41) is 1.21. The van der Waals surface area contributed by atoms with E-state index >= 15 is 0 Å². The summed E-state index contributed by atoms with van der Waals surface area (Å²) in [4.78, 5) is 13.0. The van der Waals surface area contributed by atoms with Crippen molar-refractivity contribution in [2.45, 2.75) is 44.1 Å². The summed E-state index contributed by atoms with van der Waals surface area (Å²) in [6.45, 7) is 3.71. The number of hydrogen-bond donors (Lipinski definition) is 1. The highest BCUT2D eigenvalue weighted by molar-refractivity contribution is 5.94. The third-order valence-electron chi connectivity index (χ3n) is 5.49. The van der Waals surface area contributed by atoms with E-state index in [2.05, 4.69) is 12.0 Å². The highest BCUT2D eigenvalue weighted by Gasteiger charge is 2.45. The Morgan fingerprint density at radius 1 is 1.07 bits per heavy atom. The maximum Gasteiger partial charge on any atom is 0.416 e. The normalized spacial score (nSPS) is 24.4. The Kier molecular flexibility index (Phi) is 5.49. The number of nitrogens with one attached hydrogen (secondary N) is 1. The van der Waals surface area contributed by atoms with Crippen LogP contribution in [0.15, 0.2) is 30.9 Å². The van der Waals surface area contributed by atoms with Gasteiger partial charge >= 0.3 is 12.4 Å². The van der Waals surface area contributed by atoms with Gasteiger partial charge in [0.1, 0.15) is 0 Å². The van der Waals surface area contributed by atoms with E-state index < -0.39 is 35.0 Å². The molecule has 0 heterocycles. The van der Waals surface area contributed by atoms with E-state index in [-0.39, 0.29) is 24.6 Å². The molecule has 1 aromatic rings. The van der Waals surface area contributed by atoms with Gasteiger partial charge < -0.3 is 0 Å². The lowest BCUT2D eigenvalue weighted by Crippen LogP contribution is -2.51. The van der Waals surface area contributed by atoms with Crippen molar-refractivity contribution in [2.24, 2.45) is 11.8 Å². The van der Waals surface area contributed by atoms with Gasteiger partial charge in [-0.3, -0.25) is 9.80 Å². The number of hydrogen-bond acceptors (Lipinski definition) is 2. The van der Waals surface area contributed by atoms with E-state index in [1.54, 1.807) is 0 Å². The van der Waals surface area contributed by atoms with Crippen molar-refractivity contribution >= 4 is 5.91 Å². The summed E-state index contributed by atoms with van der Waals surface area (Å²) in [6.07, 6.45) is -4.99. The molecule has 2 aliphatic carbocycles. The van der Waals surface area contributed by atoms with Gasteiger partial charge in [-0.15, -0.1) is 6.58 Å². The first-order valence-electron chi connectivity index (χ1n) is 8.98. The Balaban J connectivity index is 1.98. The lowest BCUT2D eigenvalue weighted by molar-refractivity contribution is -0.143. The number of halogens is 6. The van der Waals surface area contributed by atoms with E-state index in [1.165, 1.54) is 11.1 Å². The van der Waals surface area contributed by atoms with Gasteiger partial charge in [0.05, 0.1) is 17.2 Å². The van der Waals surface area contributed by atoms with Gasteiger partial charge in [-0.05, 0) is 49.3 Å². The molecule has 154 valence electrons. The molecule has 3 atom stereocenters. The third-order valence-corrected chi connectivity index (χ3v) is 5.49. The van der Waals surface area contributed by atoms with Gasteiger partial charge in [0.2, 0.25) is 0 Å². The standard InChI is InChI=1S/C19H20F6N2O/c1-2-5-26-27(16-7-11-3-4-12(16)6-11)17(28)13-8-14(18(20,21)22)10-15(9-13)19(23,24)25/h2,8-12,16,26H,1,3-7H2. The molecule has 0 spiro atoms. The summed E-state index contributed by atoms with van der Waals surface area (Å²) in [7, 11) is 0. The Hall–Kier alpha value is -2.03. The fourth-order valence-electron chi connectivity index (χ4n) is 4.25. The molecule has 3 unspecified atom stereocenters. The van der Waals surface area contributed by atoms with Crippen LogP contribution in [0.5, 0.6) is 0 Å². The van der Waals surface area contributed by atoms with Crippen LogP contribution in [0.4, 0.5) is 26.3 Å². The van der Waals surface area contributed by atoms with Crippen molar-refractivity contribution in [2.75, 3.05) is 6.54 Å². The second kappa shape index (κ2) is 7.42. The Labute approximate surface area is 158 Å². The fourth-order valence-corrected chi connectivity index (χ4v) is 4.25. The Morgan fingerprint density at radius 3 is 2.11 bits per heavy atom. The van der Waals surface area contributed by atoms with Crippen LogP contribution in [0, 0.1) is 11.8 Å². The molecule has 1 aromatic carbocycles. The summed E-state index contributed by atoms with van der Waals surface area (Å²) < 4.78 is 78.6. The largest absolute Gasteiger partial charge is 0.416 e. The van der Waals surface area contributed by atoms with Crippen molar-refractivity contribution in [1.82, 2.24) is 10.4 Å². The zero-order chi connectivity index (χ0) is 20.7. The molecule has 2 bridgehead atoms. The molecule has 28 heavy (non-hydrogen) atoms. The molecule has 0 aromatic heterocycles. The highest BCUT2D eigenvalue weighted by Crippen LogP contribution is 2.46. The molecule has 1 N–H and O–H groups in total. The monoisotopic (exact) mass is 406 g/mol. The minimum atomic E-state index is -5.00. The number of hydrazine groups is 1. The molecule has 3 rings (SSSR count). The second-order valence-corrected chi connectivity index (χ2v) is 7.36. The molecule has 2 saturated carbocycles. The molecule has 1 amide bonds. The maximum atomic E-state index is 13.1. The molecule has 2 aliphatic rings. The number of carbonyl (C=O) groups is 1. The number of amides is 1. The van der Waals surface area contributed by atoms with Gasteiger partial charge in [-0.25, -0.2) is 5.43 Å². The first-order chi connectivity index (χ1) is 13.0.